The van der Waals surface area contributed by atoms with Crippen LogP contribution in [0.5, 0.6) is 0 Å². The van der Waals surface area contributed by atoms with E-state index >= 15 is 0 Å². The predicted octanol–water partition coefficient (Wildman–Crippen LogP) is 4.09. The van der Waals surface area contributed by atoms with Gasteiger partial charge in [0.15, 0.2) is 0 Å². The monoisotopic (exact) mass is 446 g/mol. The van der Waals surface area contributed by atoms with E-state index in [1.54, 1.807) is 42.5 Å². The molecular weight excluding hydrogens is 424 g/mol. The van der Waals surface area contributed by atoms with Crippen LogP contribution in [0.4, 0.5) is 11.4 Å². The van der Waals surface area contributed by atoms with E-state index < -0.39 is 6.04 Å². The van der Waals surface area contributed by atoms with E-state index in [-0.39, 0.29) is 18.2 Å². The Morgan fingerprint density at radius 3 is 2.31 bits per heavy atom. The van der Waals surface area contributed by atoms with Crippen LogP contribution in [0, 0.1) is 6.92 Å². The largest absolute Gasteiger partial charge is 0.326 e. The van der Waals surface area contributed by atoms with Gasteiger partial charge in [-0.2, -0.15) is 5.10 Å². The van der Waals surface area contributed by atoms with Gasteiger partial charge >= 0.3 is 0 Å². The fourth-order valence-corrected chi connectivity index (χ4v) is 3.72. The van der Waals surface area contributed by atoms with Crippen molar-refractivity contribution in [3.63, 3.8) is 0 Å². The first-order chi connectivity index (χ1) is 15.5. The molecule has 0 saturated carbocycles. The molecule has 2 aromatic heterocycles. The standard InChI is InChI=1S/C23H22N6O2S/c1-15(29-14-24-13-25-29)23(31)28-20-9-7-19(8-10-20)27-22(30)11-17-3-5-18(6-4-17)21-12-32-16(2)26-21/h3-10,12-15H,11H2,1-2H3,(H,27,30)(H,28,31). The highest BCUT2D eigenvalue weighted by Crippen LogP contribution is 2.22. The van der Waals surface area contributed by atoms with E-state index in [2.05, 4.69) is 25.7 Å². The molecule has 1 atom stereocenters. The topological polar surface area (TPSA) is 102 Å². The third kappa shape index (κ3) is 5.25. The zero-order chi connectivity index (χ0) is 22.5. The molecule has 2 amide bonds. The van der Waals surface area contributed by atoms with Gasteiger partial charge in [0.2, 0.25) is 11.8 Å². The minimum atomic E-state index is -0.484. The number of carbonyl (C=O) groups excluding carboxylic acids is 2. The van der Waals surface area contributed by atoms with Crippen LogP contribution < -0.4 is 10.6 Å². The maximum absolute atomic E-state index is 12.4. The van der Waals surface area contributed by atoms with E-state index in [1.807, 2.05) is 36.6 Å². The second-order valence-corrected chi connectivity index (χ2v) is 8.35. The van der Waals surface area contributed by atoms with Crippen molar-refractivity contribution in [2.45, 2.75) is 26.3 Å². The lowest BCUT2D eigenvalue weighted by molar-refractivity contribution is -0.119. The summed E-state index contributed by atoms with van der Waals surface area (Å²) in [6, 6.07) is 14.4. The van der Waals surface area contributed by atoms with Crippen molar-refractivity contribution in [2.75, 3.05) is 10.6 Å². The molecule has 2 heterocycles. The van der Waals surface area contributed by atoms with E-state index in [0.717, 1.165) is 21.8 Å². The van der Waals surface area contributed by atoms with Gasteiger partial charge in [0, 0.05) is 22.3 Å². The van der Waals surface area contributed by atoms with Gasteiger partial charge in [0.1, 0.15) is 18.7 Å². The average molecular weight is 447 g/mol. The van der Waals surface area contributed by atoms with Crippen molar-refractivity contribution >= 4 is 34.5 Å². The summed E-state index contributed by atoms with van der Waals surface area (Å²) in [5.41, 5.74) is 4.20. The lowest BCUT2D eigenvalue weighted by atomic mass is 10.1. The Balaban J connectivity index is 1.30. The van der Waals surface area contributed by atoms with Gasteiger partial charge in [-0.15, -0.1) is 11.3 Å². The van der Waals surface area contributed by atoms with Crippen LogP contribution in [-0.4, -0.2) is 31.6 Å². The molecule has 4 aromatic rings. The zero-order valence-corrected chi connectivity index (χ0v) is 18.5. The number of hydrogen-bond donors (Lipinski definition) is 2. The third-order valence-corrected chi connectivity index (χ3v) is 5.66. The lowest BCUT2D eigenvalue weighted by Crippen LogP contribution is -2.24. The van der Waals surface area contributed by atoms with Crippen LogP contribution in [0.1, 0.15) is 23.5 Å². The average Bonchev–Trinajstić information content (AvgIpc) is 3.47. The van der Waals surface area contributed by atoms with Gasteiger partial charge in [0.05, 0.1) is 17.1 Å². The first kappa shape index (κ1) is 21.4. The molecule has 1 unspecified atom stereocenters. The van der Waals surface area contributed by atoms with E-state index in [0.29, 0.717) is 11.4 Å². The SMILES string of the molecule is Cc1nc(-c2ccc(CC(=O)Nc3ccc(NC(=O)C(C)n4cncn4)cc3)cc2)cs1. The minimum Gasteiger partial charge on any atom is -0.326 e. The quantitative estimate of drug-likeness (QED) is 0.445. The highest BCUT2D eigenvalue weighted by atomic mass is 32.1. The Morgan fingerprint density at radius 1 is 1.03 bits per heavy atom. The normalized spacial score (nSPS) is 11.7. The molecule has 32 heavy (non-hydrogen) atoms. The summed E-state index contributed by atoms with van der Waals surface area (Å²) in [7, 11) is 0. The van der Waals surface area contributed by atoms with Crippen LogP contribution in [0.3, 0.4) is 0 Å². The number of nitrogens with zero attached hydrogens (tertiary/aromatic N) is 4. The molecule has 0 aliphatic carbocycles. The third-order valence-electron chi connectivity index (χ3n) is 4.88. The van der Waals surface area contributed by atoms with E-state index in [9.17, 15) is 9.59 Å². The van der Waals surface area contributed by atoms with Crippen LogP contribution >= 0.6 is 11.3 Å². The Labute approximate surface area is 189 Å². The van der Waals surface area contributed by atoms with Gasteiger partial charge in [-0.05, 0) is 43.7 Å². The molecule has 0 spiro atoms. The first-order valence-corrected chi connectivity index (χ1v) is 10.9. The predicted molar refractivity (Wildman–Crippen MR) is 124 cm³/mol. The number of nitrogens with one attached hydrogen (secondary N) is 2. The van der Waals surface area contributed by atoms with Gasteiger partial charge in [-0.1, -0.05) is 24.3 Å². The summed E-state index contributed by atoms with van der Waals surface area (Å²) in [5, 5.41) is 12.7. The van der Waals surface area contributed by atoms with Gasteiger partial charge in [-0.3, -0.25) is 9.59 Å². The van der Waals surface area contributed by atoms with Crippen molar-refractivity contribution < 1.29 is 9.59 Å². The fourth-order valence-electron chi connectivity index (χ4n) is 3.10. The van der Waals surface area contributed by atoms with Crippen LogP contribution in [0.25, 0.3) is 11.3 Å². The molecule has 8 nitrogen and oxygen atoms in total. The van der Waals surface area contributed by atoms with Gasteiger partial charge in [-0.25, -0.2) is 14.6 Å². The number of hydrogen-bond acceptors (Lipinski definition) is 6. The maximum atomic E-state index is 12.4. The molecule has 0 radical (unpaired) electrons. The minimum absolute atomic E-state index is 0.112. The summed E-state index contributed by atoms with van der Waals surface area (Å²) < 4.78 is 1.48. The Bertz CT molecular complexity index is 1200. The number of rotatable bonds is 7. The molecule has 2 N–H and O–H groups in total. The van der Waals surface area contributed by atoms with Gasteiger partial charge < -0.3 is 10.6 Å². The van der Waals surface area contributed by atoms with E-state index in [1.165, 1.54) is 17.3 Å². The molecule has 0 aliphatic rings. The molecule has 0 saturated heterocycles. The molecule has 162 valence electrons. The number of aryl methyl sites for hydroxylation is 1. The van der Waals surface area contributed by atoms with Crippen molar-refractivity contribution in [3.8, 4) is 11.3 Å². The number of carbonyl (C=O) groups is 2. The Morgan fingerprint density at radius 2 is 1.72 bits per heavy atom. The molecule has 0 bridgehead atoms. The summed E-state index contributed by atoms with van der Waals surface area (Å²) in [4.78, 5) is 33.1. The Hall–Kier alpha value is -3.85. The van der Waals surface area contributed by atoms with Crippen molar-refractivity contribution in [3.05, 3.63) is 77.1 Å². The highest BCUT2D eigenvalue weighted by Gasteiger charge is 2.15. The molecular formula is C23H22N6O2S. The summed E-state index contributed by atoms with van der Waals surface area (Å²) in [6.07, 6.45) is 3.15. The summed E-state index contributed by atoms with van der Waals surface area (Å²) in [6.45, 7) is 3.72. The maximum Gasteiger partial charge on any atom is 0.249 e. The number of thiazole rings is 1. The summed E-state index contributed by atoms with van der Waals surface area (Å²) in [5.74, 6) is -0.317. The highest BCUT2D eigenvalue weighted by molar-refractivity contribution is 7.09. The second kappa shape index (κ2) is 9.52. The van der Waals surface area contributed by atoms with E-state index in [4.69, 9.17) is 0 Å². The molecule has 2 aromatic carbocycles. The molecule has 0 fully saturated rings. The molecule has 0 aliphatic heterocycles. The zero-order valence-electron chi connectivity index (χ0n) is 17.6. The van der Waals surface area contributed by atoms with Crippen LogP contribution in [-0.2, 0) is 16.0 Å². The summed E-state index contributed by atoms with van der Waals surface area (Å²) >= 11 is 1.62. The first-order valence-electron chi connectivity index (χ1n) is 10.0. The van der Waals surface area contributed by atoms with Gasteiger partial charge in [0.25, 0.3) is 0 Å². The number of anilines is 2. The van der Waals surface area contributed by atoms with Crippen molar-refractivity contribution in [1.82, 2.24) is 19.7 Å². The fraction of sp³-hybridized carbons (Fsp3) is 0.174. The second-order valence-electron chi connectivity index (χ2n) is 7.29. The number of aromatic nitrogens is 4. The number of benzene rings is 2. The van der Waals surface area contributed by atoms with Crippen LogP contribution in [0.15, 0.2) is 66.6 Å². The molecule has 9 heteroatoms. The molecule has 4 rings (SSSR count). The van der Waals surface area contributed by atoms with Crippen molar-refractivity contribution in [1.29, 1.82) is 0 Å². The smallest absolute Gasteiger partial charge is 0.249 e. The van der Waals surface area contributed by atoms with Crippen LogP contribution in [0.2, 0.25) is 0 Å². The number of amides is 2. The lowest BCUT2D eigenvalue weighted by Gasteiger charge is -2.12. The van der Waals surface area contributed by atoms with Crippen molar-refractivity contribution in [2.24, 2.45) is 0 Å². The Kier molecular flexibility index (Phi) is 6.37.